The molecule has 2 aromatic rings. The molecule has 21 heavy (non-hydrogen) atoms. The van der Waals surface area contributed by atoms with Crippen LogP contribution in [0, 0.1) is 13.8 Å². The highest BCUT2D eigenvalue weighted by Gasteiger charge is 2.20. The zero-order valence-corrected chi connectivity index (χ0v) is 12.7. The fraction of sp³-hybridized carbons (Fsp3) is 0.278. The molecule has 1 atom stereocenters. The number of benzene rings is 2. The number of anilines is 1. The first-order chi connectivity index (χ1) is 10.0. The summed E-state index contributed by atoms with van der Waals surface area (Å²) in [5, 5.41) is 0. The second-order valence-electron chi connectivity index (χ2n) is 5.25. The Hall–Kier alpha value is -2.29. The number of ketones is 1. The molecule has 3 nitrogen and oxygen atoms in total. The van der Waals surface area contributed by atoms with Crippen molar-refractivity contribution in [3.63, 3.8) is 0 Å². The fourth-order valence-corrected chi connectivity index (χ4v) is 2.15. The van der Waals surface area contributed by atoms with Crippen molar-refractivity contribution in [1.29, 1.82) is 0 Å². The number of rotatable bonds is 5. The number of carbonyl (C=O) groups is 1. The monoisotopic (exact) mass is 283 g/mol. The van der Waals surface area contributed by atoms with E-state index in [1.165, 1.54) is 5.56 Å². The normalized spacial score (nSPS) is 12.0. The lowest BCUT2D eigenvalue weighted by molar-refractivity contribution is 0.0786. The zero-order chi connectivity index (χ0) is 15.4. The van der Waals surface area contributed by atoms with Gasteiger partial charge in [0.05, 0.1) is 0 Å². The zero-order valence-electron chi connectivity index (χ0n) is 12.7. The molecule has 0 heterocycles. The molecule has 3 heteroatoms. The molecular weight excluding hydrogens is 262 g/mol. The number of ether oxygens (including phenoxy) is 1. The van der Waals surface area contributed by atoms with Gasteiger partial charge in [-0.2, -0.15) is 0 Å². The van der Waals surface area contributed by atoms with Crippen LogP contribution in [-0.2, 0) is 0 Å². The Kier molecular flexibility index (Phi) is 4.63. The molecule has 0 fully saturated rings. The van der Waals surface area contributed by atoms with Crippen LogP contribution in [0.25, 0.3) is 0 Å². The van der Waals surface area contributed by atoms with Crippen molar-refractivity contribution >= 4 is 11.5 Å². The molecule has 0 aromatic heterocycles. The van der Waals surface area contributed by atoms with Gasteiger partial charge in [-0.05, 0) is 49.6 Å². The maximum Gasteiger partial charge on any atom is 0.203 e. The largest absolute Gasteiger partial charge is 0.482 e. The number of hydrogen-bond acceptors (Lipinski definition) is 3. The third kappa shape index (κ3) is 3.63. The number of aryl methyl sites for hydroxylation is 2. The molecule has 2 rings (SSSR count). The summed E-state index contributed by atoms with van der Waals surface area (Å²) in [6.07, 6.45) is 0.120. The number of carbonyl (C=O) groups excluding carboxylic acids is 1. The Balaban J connectivity index is 2.20. The lowest BCUT2D eigenvalue weighted by Gasteiger charge is -2.17. The Morgan fingerprint density at radius 2 is 1.90 bits per heavy atom. The lowest BCUT2D eigenvalue weighted by atomic mass is 10.00. The van der Waals surface area contributed by atoms with Crippen LogP contribution < -0.4 is 10.5 Å². The van der Waals surface area contributed by atoms with Crippen LogP contribution in [0.3, 0.4) is 0 Å². The van der Waals surface area contributed by atoms with Crippen molar-refractivity contribution in [2.45, 2.75) is 33.3 Å². The van der Waals surface area contributed by atoms with Crippen LogP contribution in [0.2, 0.25) is 0 Å². The van der Waals surface area contributed by atoms with E-state index in [2.05, 4.69) is 0 Å². The third-order valence-electron chi connectivity index (χ3n) is 3.59. The molecule has 0 radical (unpaired) electrons. The highest BCUT2D eigenvalue weighted by molar-refractivity contribution is 5.99. The number of nitrogen functional groups attached to an aromatic ring is 1. The quantitative estimate of drug-likeness (QED) is 0.668. The summed E-state index contributed by atoms with van der Waals surface area (Å²) >= 11 is 0. The van der Waals surface area contributed by atoms with E-state index in [1.54, 1.807) is 12.1 Å². The molecule has 0 saturated heterocycles. The van der Waals surface area contributed by atoms with E-state index in [9.17, 15) is 4.79 Å². The topological polar surface area (TPSA) is 52.3 Å². The molecule has 2 aromatic carbocycles. The molecule has 0 bridgehead atoms. The van der Waals surface area contributed by atoms with Gasteiger partial charge >= 0.3 is 0 Å². The van der Waals surface area contributed by atoms with Gasteiger partial charge in [-0.15, -0.1) is 0 Å². The van der Waals surface area contributed by atoms with Crippen molar-refractivity contribution in [3.8, 4) is 5.75 Å². The van der Waals surface area contributed by atoms with E-state index in [1.807, 2.05) is 51.1 Å². The van der Waals surface area contributed by atoms with Gasteiger partial charge in [-0.1, -0.05) is 25.1 Å². The smallest absolute Gasteiger partial charge is 0.203 e. The van der Waals surface area contributed by atoms with Crippen molar-refractivity contribution in [2.75, 3.05) is 5.73 Å². The van der Waals surface area contributed by atoms with Gasteiger partial charge in [-0.3, -0.25) is 4.79 Å². The van der Waals surface area contributed by atoms with Crippen molar-refractivity contribution in [2.24, 2.45) is 0 Å². The van der Waals surface area contributed by atoms with Gasteiger partial charge in [0.1, 0.15) is 5.75 Å². The van der Waals surface area contributed by atoms with Crippen LogP contribution in [0.15, 0.2) is 42.5 Å². The molecule has 0 amide bonds. The van der Waals surface area contributed by atoms with Crippen molar-refractivity contribution in [1.82, 2.24) is 0 Å². The van der Waals surface area contributed by atoms with Crippen molar-refractivity contribution < 1.29 is 9.53 Å². The molecule has 0 aliphatic carbocycles. The Labute approximate surface area is 125 Å². The fourth-order valence-electron chi connectivity index (χ4n) is 2.15. The molecule has 1 unspecified atom stereocenters. The minimum Gasteiger partial charge on any atom is -0.482 e. The van der Waals surface area contributed by atoms with Crippen LogP contribution in [0.5, 0.6) is 5.75 Å². The summed E-state index contributed by atoms with van der Waals surface area (Å²) in [6, 6.07) is 12.9. The third-order valence-corrected chi connectivity index (χ3v) is 3.59. The van der Waals surface area contributed by atoms with E-state index < -0.39 is 6.10 Å². The van der Waals surface area contributed by atoms with E-state index in [4.69, 9.17) is 10.5 Å². The average molecular weight is 283 g/mol. The summed E-state index contributed by atoms with van der Waals surface area (Å²) < 4.78 is 5.80. The van der Waals surface area contributed by atoms with Crippen molar-refractivity contribution in [3.05, 3.63) is 59.2 Å². The number of hydrogen-bond donors (Lipinski definition) is 1. The predicted molar refractivity (Wildman–Crippen MR) is 85.8 cm³/mol. The summed E-state index contributed by atoms with van der Waals surface area (Å²) in [4.78, 5) is 12.6. The van der Waals surface area contributed by atoms with Gasteiger partial charge in [0, 0.05) is 17.3 Å². The Morgan fingerprint density at radius 3 is 2.52 bits per heavy atom. The predicted octanol–water partition coefficient (Wildman–Crippen LogP) is 3.93. The molecular formula is C18H21NO2. The summed E-state index contributed by atoms with van der Waals surface area (Å²) in [5.74, 6) is 0.627. The van der Waals surface area contributed by atoms with Gasteiger partial charge in [-0.25, -0.2) is 0 Å². The summed E-state index contributed by atoms with van der Waals surface area (Å²) in [7, 11) is 0. The van der Waals surface area contributed by atoms with Crippen LogP contribution in [0.1, 0.15) is 34.8 Å². The van der Waals surface area contributed by atoms with E-state index >= 15 is 0 Å². The SMILES string of the molecule is CCC(Oc1cccc(N)c1)C(=O)c1ccc(C)c(C)c1. The van der Waals surface area contributed by atoms with Crippen LogP contribution in [-0.4, -0.2) is 11.9 Å². The second kappa shape index (κ2) is 6.44. The second-order valence-corrected chi connectivity index (χ2v) is 5.25. The van der Waals surface area contributed by atoms with Gasteiger partial charge < -0.3 is 10.5 Å². The van der Waals surface area contributed by atoms with E-state index in [-0.39, 0.29) is 5.78 Å². The summed E-state index contributed by atoms with van der Waals surface area (Å²) in [6.45, 7) is 5.98. The van der Waals surface area contributed by atoms with E-state index in [0.29, 0.717) is 23.4 Å². The maximum atomic E-state index is 12.6. The standard InChI is InChI=1S/C18H21NO2/c1-4-17(21-16-7-5-6-15(19)11-16)18(20)14-9-8-12(2)13(3)10-14/h5-11,17H,4,19H2,1-3H3. The molecule has 110 valence electrons. The maximum absolute atomic E-state index is 12.6. The first-order valence-electron chi connectivity index (χ1n) is 7.15. The van der Waals surface area contributed by atoms with Gasteiger partial charge in [0.2, 0.25) is 5.78 Å². The number of nitrogens with two attached hydrogens (primary N) is 1. The van der Waals surface area contributed by atoms with Crippen LogP contribution >= 0.6 is 0 Å². The lowest BCUT2D eigenvalue weighted by Crippen LogP contribution is -2.26. The Bertz CT molecular complexity index is 649. The Morgan fingerprint density at radius 1 is 1.14 bits per heavy atom. The average Bonchev–Trinajstić information content (AvgIpc) is 2.47. The molecule has 2 N–H and O–H groups in total. The minimum absolute atomic E-state index is 0.00280. The first-order valence-corrected chi connectivity index (χ1v) is 7.15. The molecule has 0 aliphatic heterocycles. The molecule has 0 spiro atoms. The highest BCUT2D eigenvalue weighted by Crippen LogP contribution is 2.20. The van der Waals surface area contributed by atoms with Crippen LogP contribution in [0.4, 0.5) is 5.69 Å². The van der Waals surface area contributed by atoms with Gasteiger partial charge in [0.15, 0.2) is 6.10 Å². The first kappa shape index (κ1) is 15.1. The summed E-state index contributed by atoms with van der Waals surface area (Å²) in [5.41, 5.74) is 9.34. The minimum atomic E-state index is -0.492. The highest BCUT2D eigenvalue weighted by atomic mass is 16.5. The molecule has 0 aliphatic rings. The van der Waals surface area contributed by atoms with E-state index in [0.717, 1.165) is 5.56 Å². The number of Topliss-reactive ketones (excluding diaryl/α,β-unsaturated/α-hetero) is 1. The molecule has 0 saturated carbocycles. The van der Waals surface area contributed by atoms with Gasteiger partial charge in [0.25, 0.3) is 0 Å².